The Labute approximate surface area is 99.2 Å². The van der Waals surface area contributed by atoms with Crippen LogP contribution in [0.5, 0.6) is 0 Å². The molecule has 2 fully saturated rings. The van der Waals surface area contributed by atoms with E-state index in [-0.39, 0.29) is 11.9 Å². The van der Waals surface area contributed by atoms with Gasteiger partial charge < -0.3 is 4.90 Å². The monoisotopic (exact) mass is 244 g/mol. The van der Waals surface area contributed by atoms with E-state index in [4.69, 9.17) is 0 Å². The lowest BCUT2D eigenvalue weighted by molar-refractivity contribution is -0.131. The van der Waals surface area contributed by atoms with Crippen LogP contribution in [0.1, 0.15) is 26.7 Å². The highest BCUT2D eigenvalue weighted by atomic mass is 32.2. The molecule has 0 aromatic heterocycles. The standard InChI is InChI=1S/C11H20N2O2S/c1-8(2)10-11(14)13(7-12-10)9-3-5-16(15)6-4-9/h8-10,12H,3-7H2,1-2H3. The molecule has 0 radical (unpaired) electrons. The third-order valence-corrected chi connectivity index (χ3v) is 4.88. The average Bonchev–Trinajstić information content (AvgIpc) is 2.61. The number of nitrogens with one attached hydrogen (secondary N) is 1. The average molecular weight is 244 g/mol. The molecular weight excluding hydrogens is 224 g/mol. The summed E-state index contributed by atoms with van der Waals surface area (Å²) in [6.07, 6.45) is 1.79. The van der Waals surface area contributed by atoms with E-state index in [0.29, 0.717) is 18.6 Å². The van der Waals surface area contributed by atoms with Gasteiger partial charge in [0.05, 0.1) is 12.7 Å². The Morgan fingerprint density at radius 1 is 1.38 bits per heavy atom. The van der Waals surface area contributed by atoms with Crippen molar-refractivity contribution >= 4 is 16.7 Å². The number of amides is 1. The summed E-state index contributed by atoms with van der Waals surface area (Å²) in [5.41, 5.74) is 0. The van der Waals surface area contributed by atoms with Crippen molar-refractivity contribution in [2.45, 2.75) is 38.8 Å². The normalized spacial score (nSPS) is 36.1. The Morgan fingerprint density at radius 2 is 2.00 bits per heavy atom. The second-order valence-corrected chi connectivity index (χ2v) is 6.67. The van der Waals surface area contributed by atoms with Crippen LogP contribution in [0.15, 0.2) is 0 Å². The maximum Gasteiger partial charge on any atom is 0.241 e. The number of carbonyl (C=O) groups excluding carboxylic acids is 1. The van der Waals surface area contributed by atoms with Gasteiger partial charge in [0.1, 0.15) is 0 Å². The maximum atomic E-state index is 12.1. The van der Waals surface area contributed by atoms with Gasteiger partial charge in [0, 0.05) is 28.3 Å². The molecule has 2 rings (SSSR count). The van der Waals surface area contributed by atoms with Crippen molar-refractivity contribution in [2.24, 2.45) is 5.92 Å². The first kappa shape index (κ1) is 12.0. The Kier molecular flexibility index (Phi) is 3.64. The smallest absolute Gasteiger partial charge is 0.241 e. The Hall–Kier alpha value is -0.420. The van der Waals surface area contributed by atoms with Crippen molar-refractivity contribution in [1.29, 1.82) is 0 Å². The molecule has 2 aliphatic heterocycles. The molecule has 2 heterocycles. The molecule has 1 N–H and O–H groups in total. The number of hydrogen-bond donors (Lipinski definition) is 1. The Balaban J connectivity index is 1.96. The van der Waals surface area contributed by atoms with Gasteiger partial charge in [0.2, 0.25) is 5.91 Å². The highest BCUT2D eigenvalue weighted by molar-refractivity contribution is 7.85. The summed E-state index contributed by atoms with van der Waals surface area (Å²) in [6.45, 7) is 4.79. The second-order valence-electron chi connectivity index (χ2n) is 4.97. The molecule has 92 valence electrons. The molecule has 0 saturated carbocycles. The Bertz CT molecular complexity index is 296. The lowest BCUT2D eigenvalue weighted by atomic mass is 10.0. The fourth-order valence-corrected chi connectivity index (χ4v) is 3.74. The van der Waals surface area contributed by atoms with Crippen molar-refractivity contribution in [3.63, 3.8) is 0 Å². The van der Waals surface area contributed by atoms with Crippen LogP contribution in [-0.4, -0.2) is 45.3 Å². The van der Waals surface area contributed by atoms with E-state index in [1.54, 1.807) is 0 Å². The molecule has 4 nitrogen and oxygen atoms in total. The van der Waals surface area contributed by atoms with Crippen molar-refractivity contribution in [1.82, 2.24) is 10.2 Å². The van der Waals surface area contributed by atoms with E-state index < -0.39 is 10.8 Å². The quantitative estimate of drug-likeness (QED) is 0.760. The highest BCUT2D eigenvalue weighted by Gasteiger charge is 2.37. The molecule has 0 spiro atoms. The fraction of sp³-hybridized carbons (Fsp3) is 0.909. The largest absolute Gasteiger partial charge is 0.325 e. The predicted molar refractivity (Wildman–Crippen MR) is 64.4 cm³/mol. The number of hydrogen-bond acceptors (Lipinski definition) is 3. The number of nitrogens with zero attached hydrogens (tertiary/aromatic N) is 1. The lowest BCUT2D eigenvalue weighted by Gasteiger charge is -2.30. The van der Waals surface area contributed by atoms with Crippen LogP contribution < -0.4 is 5.32 Å². The van der Waals surface area contributed by atoms with Gasteiger partial charge in [-0.25, -0.2) is 0 Å². The van der Waals surface area contributed by atoms with Gasteiger partial charge in [-0.05, 0) is 18.8 Å². The molecular formula is C11H20N2O2S. The fourth-order valence-electron chi connectivity index (χ4n) is 2.46. The zero-order valence-corrected chi connectivity index (χ0v) is 10.8. The Morgan fingerprint density at radius 3 is 2.50 bits per heavy atom. The molecule has 2 aliphatic rings. The first-order valence-corrected chi connectivity index (χ1v) is 7.47. The summed E-state index contributed by atoms with van der Waals surface area (Å²) in [4.78, 5) is 14.1. The summed E-state index contributed by atoms with van der Waals surface area (Å²) in [6, 6.07) is 0.286. The summed E-state index contributed by atoms with van der Waals surface area (Å²) in [7, 11) is -0.648. The third-order valence-electron chi connectivity index (χ3n) is 3.50. The zero-order valence-electron chi connectivity index (χ0n) is 9.94. The second kappa shape index (κ2) is 4.84. The van der Waals surface area contributed by atoms with Crippen molar-refractivity contribution in [3.05, 3.63) is 0 Å². The number of carbonyl (C=O) groups is 1. The van der Waals surface area contributed by atoms with Gasteiger partial charge in [0.15, 0.2) is 0 Å². The lowest BCUT2D eigenvalue weighted by Crippen LogP contribution is -2.43. The van der Waals surface area contributed by atoms with Gasteiger partial charge in [0.25, 0.3) is 0 Å². The van der Waals surface area contributed by atoms with Crippen molar-refractivity contribution < 1.29 is 9.00 Å². The highest BCUT2D eigenvalue weighted by Crippen LogP contribution is 2.21. The maximum absolute atomic E-state index is 12.1. The van der Waals surface area contributed by atoms with Crippen molar-refractivity contribution in [3.8, 4) is 0 Å². The molecule has 5 heteroatoms. The van der Waals surface area contributed by atoms with Gasteiger partial charge in [-0.1, -0.05) is 13.8 Å². The predicted octanol–water partition coefficient (Wildman–Crippen LogP) is 0.311. The van der Waals surface area contributed by atoms with Gasteiger partial charge in [-0.3, -0.25) is 14.3 Å². The van der Waals surface area contributed by atoms with Crippen LogP contribution in [0, 0.1) is 5.92 Å². The van der Waals surface area contributed by atoms with E-state index in [0.717, 1.165) is 24.3 Å². The van der Waals surface area contributed by atoms with Crippen molar-refractivity contribution in [2.75, 3.05) is 18.2 Å². The minimum absolute atomic E-state index is 0.0209. The van der Waals surface area contributed by atoms with E-state index in [2.05, 4.69) is 19.2 Å². The summed E-state index contributed by atoms with van der Waals surface area (Å²) in [5, 5.41) is 3.26. The molecule has 1 atom stereocenters. The van der Waals surface area contributed by atoms with Crippen LogP contribution in [-0.2, 0) is 15.6 Å². The topological polar surface area (TPSA) is 49.4 Å². The van der Waals surface area contributed by atoms with E-state index >= 15 is 0 Å². The van der Waals surface area contributed by atoms with Gasteiger partial charge in [-0.15, -0.1) is 0 Å². The molecule has 1 amide bonds. The molecule has 0 bridgehead atoms. The third kappa shape index (κ3) is 2.30. The van der Waals surface area contributed by atoms with E-state index in [1.807, 2.05) is 4.90 Å². The summed E-state index contributed by atoms with van der Waals surface area (Å²) in [5.74, 6) is 2.07. The minimum atomic E-state index is -0.648. The minimum Gasteiger partial charge on any atom is -0.325 e. The molecule has 0 aromatic rings. The van der Waals surface area contributed by atoms with Gasteiger partial charge >= 0.3 is 0 Å². The first-order valence-electron chi connectivity index (χ1n) is 5.98. The SMILES string of the molecule is CC(C)C1NCN(C2CCS(=O)CC2)C1=O. The zero-order chi connectivity index (χ0) is 11.7. The van der Waals surface area contributed by atoms with Crippen LogP contribution in [0.3, 0.4) is 0 Å². The molecule has 2 saturated heterocycles. The molecule has 16 heavy (non-hydrogen) atoms. The van der Waals surface area contributed by atoms with E-state index in [9.17, 15) is 9.00 Å². The summed E-state index contributed by atoms with van der Waals surface area (Å²) < 4.78 is 11.3. The molecule has 1 unspecified atom stereocenters. The first-order chi connectivity index (χ1) is 7.59. The molecule has 0 aliphatic carbocycles. The molecule has 0 aromatic carbocycles. The van der Waals surface area contributed by atoms with Crippen LogP contribution in [0.4, 0.5) is 0 Å². The van der Waals surface area contributed by atoms with Crippen LogP contribution in [0.25, 0.3) is 0 Å². The van der Waals surface area contributed by atoms with Crippen LogP contribution in [0.2, 0.25) is 0 Å². The van der Waals surface area contributed by atoms with E-state index in [1.165, 1.54) is 0 Å². The number of rotatable bonds is 2. The van der Waals surface area contributed by atoms with Gasteiger partial charge in [-0.2, -0.15) is 0 Å². The van der Waals surface area contributed by atoms with Crippen LogP contribution >= 0.6 is 0 Å². The summed E-state index contributed by atoms with van der Waals surface area (Å²) >= 11 is 0.